The minimum absolute atomic E-state index is 0.179. The molecule has 3 atom stereocenters. The Hall–Kier alpha value is -0.520. The summed E-state index contributed by atoms with van der Waals surface area (Å²) in [6.07, 6.45) is 8.00. The number of hydrogen-bond donors (Lipinski definition) is 1. The van der Waals surface area contributed by atoms with E-state index in [1.807, 2.05) is 6.92 Å². The Morgan fingerprint density at radius 2 is 2.46 bits per heavy atom. The van der Waals surface area contributed by atoms with Crippen LogP contribution in [0.2, 0.25) is 0 Å². The fourth-order valence-corrected chi connectivity index (χ4v) is 1.76. The summed E-state index contributed by atoms with van der Waals surface area (Å²) in [5.41, 5.74) is 0. The molecule has 1 heterocycles. The quantitative estimate of drug-likeness (QED) is 0.662. The van der Waals surface area contributed by atoms with Gasteiger partial charge in [0.25, 0.3) is 0 Å². The summed E-state index contributed by atoms with van der Waals surface area (Å²) < 4.78 is 5.59. The Morgan fingerprint density at radius 3 is 3.08 bits per heavy atom. The highest BCUT2D eigenvalue weighted by molar-refractivity contribution is 4.96. The molecule has 0 radical (unpaired) electrons. The van der Waals surface area contributed by atoms with Gasteiger partial charge in [-0.05, 0) is 25.7 Å². The number of hydrogen-bond acceptors (Lipinski definition) is 2. The van der Waals surface area contributed by atoms with E-state index in [0.717, 1.165) is 19.6 Å². The molecule has 2 heteroatoms. The monoisotopic (exact) mass is 181 g/mol. The highest BCUT2D eigenvalue weighted by Crippen LogP contribution is 2.22. The molecule has 2 nitrogen and oxygen atoms in total. The predicted molar refractivity (Wildman–Crippen MR) is 54.4 cm³/mol. The van der Waals surface area contributed by atoms with Crippen molar-refractivity contribution in [1.29, 1.82) is 0 Å². The van der Waals surface area contributed by atoms with E-state index in [1.165, 1.54) is 6.42 Å². The lowest BCUT2D eigenvalue weighted by molar-refractivity contribution is 0.0871. The molecule has 1 N–H and O–H groups in total. The van der Waals surface area contributed by atoms with E-state index in [0.29, 0.717) is 12.0 Å². The van der Waals surface area contributed by atoms with Crippen molar-refractivity contribution in [1.82, 2.24) is 5.32 Å². The highest BCUT2D eigenvalue weighted by atomic mass is 16.5. The van der Waals surface area contributed by atoms with Crippen LogP contribution in [0.25, 0.3) is 0 Å². The number of terminal acetylenes is 1. The molecule has 13 heavy (non-hydrogen) atoms. The van der Waals surface area contributed by atoms with Crippen molar-refractivity contribution >= 4 is 0 Å². The average molecular weight is 181 g/mol. The fraction of sp³-hybridized carbons (Fsp3) is 0.818. The van der Waals surface area contributed by atoms with E-state index in [1.54, 1.807) is 0 Å². The van der Waals surface area contributed by atoms with E-state index >= 15 is 0 Å². The van der Waals surface area contributed by atoms with Crippen LogP contribution in [-0.2, 0) is 4.74 Å². The standard InChI is InChI=1S/C11H19NO/c1-4-9(3)12-8-10-6-7-13-11(10)5-2/h1,9-12H,5-8H2,2-3H3. The van der Waals surface area contributed by atoms with E-state index < -0.39 is 0 Å². The third kappa shape index (κ3) is 3.02. The minimum Gasteiger partial charge on any atom is -0.378 e. The van der Waals surface area contributed by atoms with E-state index in [4.69, 9.17) is 11.2 Å². The molecule has 1 rings (SSSR count). The summed E-state index contributed by atoms with van der Waals surface area (Å²) in [5.74, 6) is 3.32. The zero-order chi connectivity index (χ0) is 9.68. The molecule has 0 aliphatic carbocycles. The third-order valence-electron chi connectivity index (χ3n) is 2.68. The van der Waals surface area contributed by atoms with Crippen LogP contribution in [0.5, 0.6) is 0 Å². The van der Waals surface area contributed by atoms with Crippen molar-refractivity contribution in [2.24, 2.45) is 5.92 Å². The van der Waals surface area contributed by atoms with Gasteiger partial charge in [0, 0.05) is 13.2 Å². The second kappa shape index (κ2) is 5.26. The zero-order valence-electron chi connectivity index (χ0n) is 8.55. The van der Waals surface area contributed by atoms with Gasteiger partial charge in [-0.25, -0.2) is 0 Å². The molecule has 3 unspecified atom stereocenters. The van der Waals surface area contributed by atoms with Gasteiger partial charge in [-0.15, -0.1) is 6.42 Å². The molecule has 1 aliphatic heterocycles. The van der Waals surface area contributed by atoms with Gasteiger partial charge in [-0.3, -0.25) is 0 Å². The van der Waals surface area contributed by atoms with Crippen molar-refractivity contribution in [2.75, 3.05) is 13.2 Å². The third-order valence-corrected chi connectivity index (χ3v) is 2.68. The van der Waals surface area contributed by atoms with Crippen LogP contribution in [0.3, 0.4) is 0 Å². The Labute approximate surface area is 81.0 Å². The number of ether oxygens (including phenoxy) is 1. The first-order valence-corrected chi connectivity index (χ1v) is 5.09. The van der Waals surface area contributed by atoms with Crippen LogP contribution in [0.4, 0.5) is 0 Å². The van der Waals surface area contributed by atoms with Crippen molar-refractivity contribution in [3.8, 4) is 12.3 Å². The van der Waals surface area contributed by atoms with Gasteiger partial charge in [-0.2, -0.15) is 0 Å². The van der Waals surface area contributed by atoms with Gasteiger partial charge in [0.05, 0.1) is 12.1 Å². The van der Waals surface area contributed by atoms with E-state index in [2.05, 4.69) is 18.2 Å². The normalized spacial score (nSPS) is 29.9. The first-order valence-electron chi connectivity index (χ1n) is 5.09. The molecule has 0 bridgehead atoms. The Morgan fingerprint density at radius 1 is 1.69 bits per heavy atom. The van der Waals surface area contributed by atoms with Crippen molar-refractivity contribution in [3.05, 3.63) is 0 Å². The number of nitrogens with one attached hydrogen (secondary N) is 1. The van der Waals surface area contributed by atoms with Crippen LogP contribution >= 0.6 is 0 Å². The lowest BCUT2D eigenvalue weighted by Gasteiger charge is -2.18. The summed E-state index contributed by atoms with van der Waals surface area (Å²) >= 11 is 0. The maximum Gasteiger partial charge on any atom is 0.0658 e. The van der Waals surface area contributed by atoms with Crippen molar-refractivity contribution in [3.63, 3.8) is 0 Å². The van der Waals surface area contributed by atoms with Crippen LogP contribution in [-0.4, -0.2) is 25.3 Å². The van der Waals surface area contributed by atoms with Crippen LogP contribution in [0, 0.1) is 18.3 Å². The lowest BCUT2D eigenvalue weighted by Crippen LogP contribution is -2.33. The molecule has 0 aromatic carbocycles. The van der Waals surface area contributed by atoms with E-state index in [9.17, 15) is 0 Å². The van der Waals surface area contributed by atoms with Gasteiger partial charge < -0.3 is 10.1 Å². The summed E-state index contributed by atoms with van der Waals surface area (Å²) in [6.45, 7) is 6.09. The molecule has 1 saturated heterocycles. The second-order valence-electron chi connectivity index (χ2n) is 3.66. The molecule has 0 amide bonds. The minimum atomic E-state index is 0.179. The summed E-state index contributed by atoms with van der Waals surface area (Å²) in [5, 5.41) is 3.32. The summed E-state index contributed by atoms with van der Waals surface area (Å²) in [6, 6.07) is 0.179. The molecule has 0 spiro atoms. The molecule has 0 aromatic heterocycles. The molecule has 1 aliphatic rings. The number of rotatable bonds is 4. The van der Waals surface area contributed by atoms with Crippen molar-refractivity contribution < 1.29 is 4.74 Å². The van der Waals surface area contributed by atoms with Crippen LogP contribution in [0.15, 0.2) is 0 Å². The Bertz CT molecular complexity index is 185. The largest absolute Gasteiger partial charge is 0.378 e. The van der Waals surface area contributed by atoms with Crippen LogP contribution in [0.1, 0.15) is 26.7 Å². The molecule has 74 valence electrons. The topological polar surface area (TPSA) is 21.3 Å². The maximum absolute atomic E-state index is 5.59. The summed E-state index contributed by atoms with van der Waals surface area (Å²) in [7, 11) is 0. The highest BCUT2D eigenvalue weighted by Gasteiger charge is 2.26. The first kappa shape index (κ1) is 10.6. The predicted octanol–water partition coefficient (Wildman–Crippen LogP) is 1.41. The van der Waals surface area contributed by atoms with Gasteiger partial charge in [0.15, 0.2) is 0 Å². The molecule has 0 saturated carbocycles. The first-order chi connectivity index (χ1) is 6.27. The Kier molecular flexibility index (Phi) is 4.27. The van der Waals surface area contributed by atoms with Crippen molar-refractivity contribution in [2.45, 2.75) is 38.8 Å². The smallest absolute Gasteiger partial charge is 0.0658 e. The SMILES string of the molecule is C#CC(C)NCC1CCOC1CC. The van der Waals surface area contributed by atoms with Gasteiger partial charge in [0.2, 0.25) is 0 Å². The average Bonchev–Trinajstić information content (AvgIpc) is 2.61. The van der Waals surface area contributed by atoms with Gasteiger partial charge in [-0.1, -0.05) is 12.8 Å². The molecular weight excluding hydrogens is 162 g/mol. The van der Waals surface area contributed by atoms with Gasteiger partial charge >= 0.3 is 0 Å². The zero-order valence-corrected chi connectivity index (χ0v) is 8.55. The lowest BCUT2D eigenvalue weighted by atomic mass is 9.99. The molecular formula is C11H19NO. The van der Waals surface area contributed by atoms with Crippen LogP contribution < -0.4 is 5.32 Å². The van der Waals surface area contributed by atoms with E-state index in [-0.39, 0.29) is 6.04 Å². The summed E-state index contributed by atoms with van der Waals surface area (Å²) in [4.78, 5) is 0. The fourth-order valence-electron chi connectivity index (χ4n) is 1.76. The molecule has 0 aromatic rings. The maximum atomic E-state index is 5.59. The molecule has 1 fully saturated rings. The van der Waals surface area contributed by atoms with Gasteiger partial charge in [0.1, 0.15) is 0 Å². The Balaban J connectivity index is 2.24. The second-order valence-corrected chi connectivity index (χ2v) is 3.66.